The van der Waals surface area contributed by atoms with E-state index in [2.05, 4.69) is 4.98 Å². The van der Waals surface area contributed by atoms with Gasteiger partial charge in [0.2, 0.25) is 9.84 Å². The lowest BCUT2D eigenvalue weighted by Gasteiger charge is -2.14. The number of hydrogen-bond donors (Lipinski definition) is 0. The van der Waals surface area contributed by atoms with Crippen LogP contribution < -0.4 is 0 Å². The zero-order valence-electron chi connectivity index (χ0n) is 14.8. The van der Waals surface area contributed by atoms with E-state index in [1.165, 1.54) is 36.4 Å². The highest BCUT2D eigenvalue weighted by Gasteiger charge is 2.25. The molecular formula is C22H12ClFN2O2S. The summed E-state index contributed by atoms with van der Waals surface area (Å²) in [7, 11) is -4.05. The molecule has 0 unspecified atom stereocenters. The number of nitrogens with zero attached hydrogens (tertiary/aromatic N) is 2. The molecule has 0 bridgehead atoms. The first kappa shape index (κ1) is 19.1. The van der Waals surface area contributed by atoms with E-state index in [0.29, 0.717) is 21.5 Å². The van der Waals surface area contributed by atoms with E-state index in [4.69, 9.17) is 16.9 Å². The fraction of sp³-hybridized carbons (Fsp3) is 0. The van der Waals surface area contributed by atoms with Crippen molar-refractivity contribution in [3.8, 4) is 17.2 Å². The normalized spacial score (nSPS) is 11.3. The van der Waals surface area contributed by atoms with Gasteiger partial charge in [-0.1, -0.05) is 41.9 Å². The molecule has 142 valence electrons. The molecule has 0 N–H and O–H groups in total. The second-order valence-corrected chi connectivity index (χ2v) is 8.64. The molecule has 4 aromatic rings. The molecule has 4 nitrogen and oxygen atoms in total. The predicted octanol–water partition coefficient (Wildman–Crippen LogP) is 5.40. The zero-order chi connectivity index (χ0) is 20.6. The monoisotopic (exact) mass is 422 g/mol. The second-order valence-electron chi connectivity index (χ2n) is 6.29. The van der Waals surface area contributed by atoms with E-state index in [-0.39, 0.29) is 20.9 Å². The number of sulfone groups is 1. The Hall–Kier alpha value is -3.27. The van der Waals surface area contributed by atoms with Gasteiger partial charge in [0, 0.05) is 22.2 Å². The van der Waals surface area contributed by atoms with Crippen molar-refractivity contribution in [1.82, 2.24) is 4.98 Å². The highest BCUT2D eigenvalue weighted by atomic mass is 35.5. The van der Waals surface area contributed by atoms with Crippen LogP contribution in [0.1, 0.15) is 5.56 Å². The molecule has 0 saturated heterocycles. The summed E-state index contributed by atoms with van der Waals surface area (Å²) in [6.07, 6.45) is 1.15. The maximum absolute atomic E-state index is 14.3. The first-order chi connectivity index (χ1) is 13.9. The predicted molar refractivity (Wildman–Crippen MR) is 109 cm³/mol. The van der Waals surface area contributed by atoms with Crippen LogP contribution in [0.2, 0.25) is 5.02 Å². The van der Waals surface area contributed by atoms with Crippen molar-refractivity contribution < 1.29 is 12.8 Å². The smallest absolute Gasteiger partial charge is 0.208 e. The number of benzene rings is 3. The Morgan fingerprint density at radius 2 is 1.76 bits per heavy atom. The average molecular weight is 423 g/mol. The molecule has 0 amide bonds. The summed E-state index contributed by atoms with van der Waals surface area (Å²) in [6.45, 7) is 0. The molecule has 0 aliphatic rings. The molecule has 29 heavy (non-hydrogen) atoms. The molecule has 0 radical (unpaired) electrons. The molecule has 1 heterocycles. The molecule has 4 rings (SSSR count). The highest BCUT2D eigenvalue weighted by molar-refractivity contribution is 7.91. The maximum atomic E-state index is 14.3. The van der Waals surface area contributed by atoms with Crippen molar-refractivity contribution in [1.29, 1.82) is 5.26 Å². The van der Waals surface area contributed by atoms with E-state index >= 15 is 0 Å². The van der Waals surface area contributed by atoms with E-state index in [9.17, 15) is 12.8 Å². The van der Waals surface area contributed by atoms with Gasteiger partial charge in [-0.3, -0.25) is 4.98 Å². The van der Waals surface area contributed by atoms with Crippen molar-refractivity contribution in [3.05, 3.63) is 89.3 Å². The summed E-state index contributed by atoms with van der Waals surface area (Å²) >= 11 is 6.13. The Bertz CT molecular complexity index is 1410. The summed E-state index contributed by atoms with van der Waals surface area (Å²) in [6, 6.07) is 18.7. The summed E-state index contributed by atoms with van der Waals surface area (Å²) in [5, 5.41) is 9.89. The van der Waals surface area contributed by atoms with Gasteiger partial charge in [-0.2, -0.15) is 5.26 Å². The van der Waals surface area contributed by atoms with Crippen LogP contribution in [-0.4, -0.2) is 13.4 Å². The summed E-state index contributed by atoms with van der Waals surface area (Å²) in [5.41, 5.74) is 1.10. The lowest BCUT2D eigenvalue weighted by Crippen LogP contribution is -2.06. The first-order valence-corrected chi connectivity index (χ1v) is 10.4. The van der Waals surface area contributed by atoms with Crippen molar-refractivity contribution in [3.63, 3.8) is 0 Å². The van der Waals surface area contributed by atoms with Crippen molar-refractivity contribution in [2.45, 2.75) is 9.79 Å². The van der Waals surface area contributed by atoms with Gasteiger partial charge in [0.25, 0.3) is 0 Å². The molecule has 0 fully saturated rings. The molecule has 1 aromatic heterocycles. The third-order valence-electron chi connectivity index (χ3n) is 4.49. The fourth-order valence-corrected chi connectivity index (χ4v) is 4.85. The quantitative estimate of drug-likeness (QED) is 0.443. The molecule has 0 aliphatic carbocycles. The number of nitriles is 1. The third kappa shape index (κ3) is 3.35. The number of para-hydroxylation sites is 1. The minimum absolute atomic E-state index is 0.0441. The number of halogens is 2. The fourth-order valence-electron chi connectivity index (χ4n) is 3.17. The van der Waals surface area contributed by atoms with Crippen LogP contribution in [-0.2, 0) is 9.84 Å². The molecule has 7 heteroatoms. The largest absolute Gasteiger partial charge is 0.252 e. The molecule has 0 atom stereocenters. The van der Waals surface area contributed by atoms with Crippen LogP contribution in [0.15, 0.2) is 82.7 Å². The lowest BCUT2D eigenvalue weighted by atomic mass is 10.0. The highest BCUT2D eigenvalue weighted by Crippen LogP contribution is 2.37. The van der Waals surface area contributed by atoms with Crippen LogP contribution in [0.3, 0.4) is 0 Å². The van der Waals surface area contributed by atoms with Gasteiger partial charge < -0.3 is 0 Å². The van der Waals surface area contributed by atoms with Crippen LogP contribution in [0.4, 0.5) is 4.39 Å². The van der Waals surface area contributed by atoms with Gasteiger partial charge in [0.15, 0.2) is 0 Å². The number of fused-ring (bicyclic) bond motifs is 1. The van der Waals surface area contributed by atoms with Gasteiger partial charge in [-0.15, -0.1) is 0 Å². The lowest BCUT2D eigenvalue weighted by molar-refractivity contribution is 0.596. The molecule has 0 spiro atoms. The Morgan fingerprint density at radius 3 is 2.52 bits per heavy atom. The third-order valence-corrected chi connectivity index (χ3v) is 6.49. The maximum Gasteiger partial charge on any atom is 0.208 e. The van der Waals surface area contributed by atoms with Crippen LogP contribution >= 0.6 is 11.6 Å². The van der Waals surface area contributed by atoms with Gasteiger partial charge in [0.05, 0.1) is 21.4 Å². The number of pyridine rings is 1. The topological polar surface area (TPSA) is 70.8 Å². The van der Waals surface area contributed by atoms with Crippen molar-refractivity contribution in [2.75, 3.05) is 0 Å². The second kappa shape index (κ2) is 7.28. The minimum Gasteiger partial charge on any atom is -0.252 e. The Balaban J connectivity index is 2.10. The van der Waals surface area contributed by atoms with E-state index < -0.39 is 15.7 Å². The van der Waals surface area contributed by atoms with Gasteiger partial charge in [0.1, 0.15) is 11.3 Å². The SMILES string of the molecule is N#Cc1cccc(S(=O)(=O)c2cnc3c(F)cccc3c2-c2cccc(Cl)c2)c1. The van der Waals surface area contributed by atoms with E-state index in [1.807, 2.05) is 6.07 Å². The standard InChI is InChI=1S/C22H12ClFN2O2S/c23-16-6-2-5-15(11-16)21-18-8-3-9-19(24)22(18)26-13-20(21)29(27,28)17-7-1-4-14(10-17)12-25/h1-11,13H. The van der Waals surface area contributed by atoms with Crippen LogP contribution in [0.5, 0.6) is 0 Å². The Morgan fingerprint density at radius 1 is 1.00 bits per heavy atom. The van der Waals surface area contributed by atoms with E-state index in [1.54, 1.807) is 30.3 Å². The summed E-state index contributed by atoms with van der Waals surface area (Å²) < 4.78 is 41.2. The average Bonchev–Trinajstić information content (AvgIpc) is 2.73. The van der Waals surface area contributed by atoms with Crippen molar-refractivity contribution >= 4 is 32.3 Å². The summed E-state index contributed by atoms with van der Waals surface area (Å²) in [5.74, 6) is -0.554. The first-order valence-electron chi connectivity index (χ1n) is 8.50. The number of hydrogen-bond acceptors (Lipinski definition) is 4. The van der Waals surface area contributed by atoms with Gasteiger partial charge in [-0.05, 0) is 42.0 Å². The van der Waals surface area contributed by atoms with Crippen LogP contribution in [0.25, 0.3) is 22.0 Å². The molecular weight excluding hydrogens is 411 g/mol. The van der Waals surface area contributed by atoms with Gasteiger partial charge >= 0.3 is 0 Å². The molecule has 0 aliphatic heterocycles. The Labute approximate surface area is 171 Å². The Kier molecular flexibility index (Phi) is 4.79. The van der Waals surface area contributed by atoms with E-state index in [0.717, 1.165) is 6.20 Å². The summed E-state index contributed by atoms with van der Waals surface area (Å²) in [4.78, 5) is 3.94. The molecule has 0 saturated carbocycles. The minimum atomic E-state index is -4.05. The number of rotatable bonds is 3. The zero-order valence-corrected chi connectivity index (χ0v) is 16.4. The number of aromatic nitrogens is 1. The van der Waals surface area contributed by atoms with Crippen LogP contribution in [0, 0.1) is 17.1 Å². The van der Waals surface area contributed by atoms with Crippen molar-refractivity contribution in [2.24, 2.45) is 0 Å². The van der Waals surface area contributed by atoms with Gasteiger partial charge in [-0.25, -0.2) is 12.8 Å². The molecule has 3 aromatic carbocycles.